The van der Waals surface area contributed by atoms with Crippen molar-refractivity contribution in [3.8, 4) is 0 Å². The summed E-state index contributed by atoms with van der Waals surface area (Å²) in [6.45, 7) is 1.02. The molecule has 1 aliphatic carbocycles. The van der Waals surface area contributed by atoms with Crippen molar-refractivity contribution in [3.63, 3.8) is 0 Å². The van der Waals surface area contributed by atoms with Crippen LogP contribution in [0.2, 0.25) is 18.0 Å². The van der Waals surface area contributed by atoms with Gasteiger partial charge in [0.05, 0.1) is 17.2 Å². The number of fused-ring (bicyclic) bond motifs is 3. The topological polar surface area (TPSA) is 0 Å². The van der Waals surface area contributed by atoms with Crippen LogP contribution in [-0.4, -0.2) is 6.71 Å². The Balaban J connectivity index is 1.45. The number of allylic oxidation sites excluding steroid dienone is 2. The minimum Gasteiger partial charge on any atom is -0.0696 e. The summed E-state index contributed by atoms with van der Waals surface area (Å²) in [5.74, 6) is 2.10. The Morgan fingerprint density at radius 2 is 1.76 bits per heavy atom. The molecular weight excluding hydrogens is 251 g/mol. The van der Waals surface area contributed by atoms with E-state index in [-0.39, 0.29) is 0 Å². The van der Waals surface area contributed by atoms with Crippen molar-refractivity contribution < 1.29 is 0 Å². The van der Waals surface area contributed by atoms with Gasteiger partial charge >= 0.3 is 0 Å². The zero-order valence-corrected chi connectivity index (χ0v) is 12.9. The lowest BCUT2D eigenvalue weighted by molar-refractivity contribution is 0.441. The summed E-state index contributed by atoms with van der Waals surface area (Å²) < 4.78 is 0. The molecule has 2 bridgehead atoms. The van der Waals surface area contributed by atoms with E-state index in [2.05, 4.69) is 36.4 Å². The average Bonchev–Trinajstić information content (AvgIpc) is 2.52. The Morgan fingerprint density at radius 3 is 2.52 bits per heavy atom. The molecule has 0 aromatic heterocycles. The molecule has 0 spiro atoms. The van der Waals surface area contributed by atoms with Crippen molar-refractivity contribution in [3.05, 3.63) is 47.0 Å². The maximum absolute atomic E-state index is 3.17. The van der Waals surface area contributed by atoms with Gasteiger partial charge in [-0.05, 0) is 24.1 Å². The lowest BCUT2D eigenvalue weighted by Crippen LogP contribution is -2.34. The number of rotatable bonds is 3. The monoisotopic (exact) mass is 275 g/mol. The van der Waals surface area contributed by atoms with Gasteiger partial charge in [-0.15, -0.1) is 0 Å². The highest BCUT2D eigenvalue weighted by Crippen LogP contribution is 2.47. The first-order valence-electron chi connectivity index (χ1n) is 8.79. The van der Waals surface area contributed by atoms with E-state index in [1.54, 1.807) is 0 Å². The molecule has 2 aliphatic heterocycles. The number of aryl methyl sites for hydroxylation is 1. The molecule has 0 nitrogen and oxygen atoms in total. The summed E-state index contributed by atoms with van der Waals surface area (Å²) in [6, 6.07) is 6.99. The minimum atomic E-state index is 1.02. The van der Waals surface area contributed by atoms with Gasteiger partial charge in [0.25, 0.3) is 0 Å². The van der Waals surface area contributed by atoms with Crippen LogP contribution in [0.4, 0.5) is 0 Å². The Labute approximate surface area is 129 Å². The summed E-state index contributed by atoms with van der Waals surface area (Å²) >= 11 is 0. The number of hydrogen-bond acceptors (Lipinski definition) is 0. The van der Waals surface area contributed by atoms with Crippen molar-refractivity contribution in [2.75, 3.05) is 0 Å². The fraction of sp³-hybridized carbons (Fsp3) is 0.500. The Morgan fingerprint density at radius 1 is 1.00 bits per heavy atom. The van der Waals surface area contributed by atoms with Gasteiger partial charge in [-0.1, -0.05) is 56.5 Å². The van der Waals surface area contributed by atoms with Crippen molar-refractivity contribution in [1.29, 1.82) is 0 Å². The molecule has 0 amide bonds. The first-order chi connectivity index (χ1) is 10.4. The van der Waals surface area contributed by atoms with Crippen molar-refractivity contribution in [2.24, 2.45) is 0 Å². The fourth-order valence-corrected chi connectivity index (χ4v) is 4.95. The summed E-state index contributed by atoms with van der Waals surface area (Å²) in [7, 11) is 0. The largest absolute Gasteiger partial charge is 0.146 e. The van der Waals surface area contributed by atoms with Crippen LogP contribution in [0.1, 0.15) is 55.2 Å². The summed E-state index contributed by atoms with van der Waals surface area (Å²) in [5, 5.41) is 0. The van der Waals surface area contributed by atoms with Crippen LogP contribution >= 0.6 is 0 Å². The van der Waals surface area contributed by atoms with E-state index >= 15 is 0 Å². The molecule has 21 heavy (non-hydrogen) atoms. The number of benzene rings is 1. The van der Waals surface area contributed by atoms with Gasteiger partial charge in [0.2, 0.25) is 0 Å². The predicted octanol–water partition coefficient (Wildman–Crippen LogP) is 5.68. The maximum atomic E-state index is 3.17. The smallest absolute Gasteiger partial charge is 0.0696 e. The minimum absolute atomic E-state index is 1.02. The SMILES string of the molecule is [C+]1=Cc2ccc(CCB3C4CCCC3CCC4)cc2C=C1. The Hall–Kier alpha value is -1.33. The summed E-state index contributed by atoms with van der Waals surface area (Å²) in [5.41, 5.74) is 4.21. The van der Waals surface area contributed by atoms with E-state index in [4.69, 9.17) is 0 Å². The molecule has 3 aliphatic rings. The molecular formula is C20H24B+. The molecule has 1 aromatic rings. The second kappa shape index (κ2) is 5.81. The molecule has 2 fully saturated rings. The summed E-state index contributed by atoms with van der Waals surface area (Å²) in [6.07, 6.45) is 21.2. The van der Waals surface area contributed by atoms with Crippen molar-refractivity contribution in [1.82, 2.24) is 0 Å². The van der Waals surface area contributed by atoms with E-state index in [1.165, 1.54) is 68.0 Å². The van der Waals surface area contributed by atoms with Gasteiger partial charge in [0.1, 0.15) is 18.9 Å². The number of hydrogen-bond donors (Lipinski definition) is 0. The Kier molecular flexibility index (Phi) is 3.70. The lowest BCUT2D eigenvalue weighted by Gasteiger charge is -2.40. The first-order valence-corrected chi connectivity index (χ1v) is 8.79. The van der Waals surface area contributed by atoms with E-state index in [0.717, 1.165) is 18.3 Å². The molecule has 0 unspecified atom stereocenters. The van der Waals surface area contributed by atoms with Crippen LogP contribution in [0.25, 0.3) is 12.2 Å². The van der Waals surface area contributed by atoms with Crippen LogP contribution in [0.3, 0.4) is 0 Å². The van der Waals surface area contributed by atoms with Crippen LogP contribution in [0.5, 0.6) is 0 Å². The molecule has 0 radical (unpaired) electrons. The first kappa shape index (κ1) is 13.3. The van der Waals surface area contributed by atoms with E-state index in [9.17, 15) is 0 Å². The normalized spacial score (nSPS) is 26.4. The summed E-state index contributed by atoms with van der Waals surface area (Å²) in [4.78, 5) is 0. The standard InChI is InChI=1S/C20H24B/c1-2-6-18-15-16(11-12-17(18)5-1)13-14-21-19-7-3-8-20(21)10-4-9-19/h2,5-6,11-12,15,19-20H,3-4,7-10,13-14H2/q+1. The second-order valence-electron chi connectivity index (χ2n) is 7.19. The third-order valence-corrected chi connectivity index (χ3v) is 6.03. The van der Waals surface area contributed by atoms with Gasteiger partial charge < -0.3 is 0 Å². The lowest BCUT2D eigenvalue weighted by atomic mass is 9.25. The molecule has 0 saturated carbocycles. The van der Waals surface area contributed by atoms with Gasteiger partial charge in [0.15, 0.2) is 0 Å². The van der Waals surface area contributed by atoms with E-state index in [0.29, 0.717) is 0 Å². The van der Waals surface area contributed by atoms with E-state index in [1.807, 2.05) is 6.08 Å². The van der Waals surface area contributed by atoms with Crippen molar-refractivity contribution >= 4 is 18.9 Å². The molecule has 1 heteroatoms. The second-order valence-corrected chi connectivity index (χ2v) is 7.19. The zero-order chi connectivity index (χ0) is 14.1. The molecule has 0 atom stereocenters. The molecule has 1 aromatic carbocycles. The molecule has 2 saturated heterocycles. The third kappa shape index (κ3) is 2.72. The van der Waals surface area contributed by atoms with Crippen molar-refractivity contribution in [2.45, 2.75) is 62.9 Å². The van der Waals surface area contributed by atoms with Gasteiger partial charge in [-0.2, -0.15) is 0 Å². The molecule has 106 valence electrons. The average molecular weight is 275 g/mol. The Bertz CT molecular complexity index is 547. The quantitative estimate of drug-likeness (QED) is 0.492. The van der Waals surface area contributed by atoms with Crippen LogP contribution in [0, 0.1) is 6.08 Å². The molecule has 4 rings (SSSR count). The third-order valence-electron chi connectivity index (χ3n) is 6.03. The van der Waals surface area contributed by atoms with Gasteiger partial charge in [-0.3, -0.25) is 0 Å². The van der Waals surface area contributed by atoms with Gasteiger partial charge in [0, 0.05) is 12.1 Å². The van der Waals surface area contributed by atoms with Gasteiger partial charge in [-0.25, -0.2) is 0 Å². The predicted molar refractivity (Wildman–Crippen MR) is 92.7 cm³/mol. The molecule has 0 N–H and O–H groups in total. The van der Waals surface area contributed by atoms with Crippen LogP contribution in [0.15, 0.2) is 24.3 Å². The maximum Gasteiger partial charge on any atom is 0.146 e. The highest BCUT2D eigenvalue weighted by molar-refractivity contribution is 6.62. The zero-order valence-electron chi connectivity index (χ0n) is 12.9. The van der Waals surface area contributed by atoms with Crippen LogP contribution in [-0.2, 0) is 6.42 Å². The van der Waals surface area contributed by atoms with Crippen LogP contribution < -0.4 is 0 Å². The highest BCUT2D eigenvalue weighted by Gasteiger charge is 2.38. The highest BCUT2D eigenvalue weighted by atomic mass is 14.2. The molecule has 2 heterocycles. The fourth-order valence-electron chi connectivity index (χ4n) is 4.95. The van der Waals surface area contributed by atoms with E-state index < -0.39 is 0 Å².